The number of imide groups is 1. The van der Waals surface area contributed by atoms with Crippen molar-refractivity contribution >= 4 is 23.5 Å². The fourth-order valence-corrected chi connectivity index (χ4v) is 5.91. The molecular formula is C29H26N2O6. The summed E-state index contributed by atoms with van der Waals surface area (Å²) in [6, 6.07) is 21.1. The van der Waals surface area contributed by atoms with E-state index in [1.807, 2.05) is 49.4 Å². The Kier molecular flexibility index (Phi) is 5.49. The van der Waals surface area contributed by atoms with E-state index < -0.39 is 35.3 Å². The summed E-state index contributed by atoms with van der Waals surface area (Å²) in [5.74, 6) is -2.26. The van der Waals surface area contributed by atoms with Crippen LogP contribution in [0.1, 0.15) is 29.7 Å². The lowest BCUT2D eigenvalue weighted by Gasteiger charge is -2.33. The van der Waals surface area contributed by atoms with Crippen LogP contribution in [0.4, 0.5) is 5.69 Å². The van der Waals surface area contributed by atoms with Crippen LogP contribution in [0.5, 0.6) is 11.5 Å². The molecule has 6 rings (SSSR count). The van der Waals surface area contributed by atoms with E-state index in [0.717, 1.165) is 11.1 Å². The molecule has 0 aliphatic carbocycles. The first-order chi connectivity index (χ1) is 18.0. The Hall–Kier alpha value is -4.17. The maximum absolute atomic E-state index is 14.2. The number of carbonyl (C=O) groups is 3. The lowest BCUT2D eigenvalue weighted by Crippen LogP contribution is -2.54. The van der Waals surface area contributed by atoms with Crippen LogP contribution < -0.4 is 19.7 Å². The molecule has 3 aliphatic heterocycles. The molecule has 188 valence electrons. The predicted molar refractivity (Wildman–Crippen MR) is 134 cm³/mol. The molecule has 8 nitrogen and oxygen atoms in total. The minimum Gasteiger partial charge on any atom is -0.464 e. The molecule has 0 radical (unpaired) electrons. The Bertz CT molecular complexity index is 1410. The summed E-state index contributed by atoms with van der Waals surface area (Å²) in [5.41, 5.74) is 1.21. The zero-order valence-corrected chi connectivity index (χ0v) is 20.5. The number of benzene rings is 3. The Morgan fingerprint density at radius 2 is 1.73 bits per heavy atom. The minimum atomic E-state index is -1.55. The first-order valence-corrected chi connectivity index (χ1v) is 12.3. The summed E-state index contributed by atoms with van der Waals surface area (Å²) in [6.07, 6.45) is 0. The van der Waals surface area contributed by atoms with Crippen molar-refractivity contribution < 1.29 is 28.6 Å². The molecule has 0 saturated carbocycles. The highest BCUT2D eigenvalue weighted by Crippen LogP contribution is 2.54. The number of carbonyl (C=O) groups excluding carboxylic acids is 3. The molecule has 3 aromatic carbocycles. The van der Waals surface area contributed by atoms with Crippen LogP contribution >= 0.6 is 0 Å². The monoisotopic (exact) mass is 498 g/mol. The summed E-state index contributed by atoms with van der Waals surface area (Å²) >= 11 is 0. The van der Waals surface area contributed by atoms with Crippen molar-refractivity contribution in [1.82, 2.24) is 5.32 Å². The summed E-state index contributed by atoms with van der Waals surface area (Å²) in [5, 5.41) is 3.45. The third-order valence-corrected chi connectivity index (χ3v) is 7.52. The normalized spacial score (nSPS) is 25.9. The molecule has 2 fully saturated rings. The van der Waals surface area contributed by atoms with Gasteiger partial charge in [0.1, 0.15) is 0 Å². The average Bonchev–Trinajstić information content (AvgIpc) is 3.59. The van der Waals surface area contributed by atoms with Gasteiger partial charge in [-0.25, -0.2) is 9.69 Å². The Morgan fingerprint density at radius 1 is 1.00 bits per heavy atom. The maximum atomic E-state index is 14.2. The molecule has 3 aliphatic rings. The van der Waals surface area contributed by atoms with Crippen LogP contribution in [0.3, 0.4) is 0 Å². The van der Waals surface area contributed by atoms with Gasteiger partial charge in [0.05, 0.1) is 24.1 Å². The van der Waals surface area contributed by atoms with Crippen molar-refractivity contribution in [2.24, 2.45) is 11.8 Å². The SMILES string of the molecule is CCOC(=O)[C@@]1(c2ccccc2)N[C@@H](c2ccccc2C)[C@H]2C(=O)N(c3ccc4c(c3)OCO4)C(=O)[C@@H]21. The molecule has 0 unspecified atom stereocenters. The second-order valence-corrected chi connectivity index (χ2v) is 9.43. The van der Waals surface area contributed by atoms with Crippen molar-refractivity contribution in [2.45, 2.75) is 25.4 Å². The molecule has 4 atom stereocenters. The summed E-state index contributed by atoms with van der Waals surface area (Å²) in [6.45, 7) is 3.89. The lowest BCUT2D eigenvalue weighted by molar-refractivity contribution is -0.155. The minimum absolute atomic E-state index is 0.0746. The number of hydrogen-bond donors (Lipinski definition) is 1. The molecule has 37 heavy (non-hydrogen) atoms. The van der Waals surface area contributed by atoms with E-state index >= 15 is 0 Å². The number of esters is 1. The van der Waals surface area contributed by atoms with Gasteiger partial charge < -0.3 is 14.2 Å². The number of nitrogens with one attached hydrogen (secondary N) is 1. The summed E-state index contributed by atoms with van der Waals surface area (Å²) in [4.78, 5) is 43.4. The number of fused-ring (bicyclic) bond motifs is 2. The van der Waals surface area contributed by atoms with E-state index in [4.69, 9.17) is 14.2 Å². The fourth-order valence-electron chi connectivity index (χ4n) is 5.91. The van der Waals surface area contributed by atoms with Gasteiger partial charge in [0.25, 0.3) is 0 Å². The van der Waals surface area contributed by atoms with Crippen molar-refractivity contribution in [2.75, 3.05) is 18.3 Å². The number of hydrogen-bond acceptors (Lipinski definition) is 7. The van der Waals surface area contributed by atoms with Gasteiger partial charge in [-0.2, -0.15) is 0 Å². The van der Waals surface area contributed by atoms with Gasteiger partial charge >= 0.3 is 5.97 Å². The first kappa shape index (κ1) is 23.2. The molecule has 2 saturated heterocycles. The number of aryl methyl sites for hydroxylation is 1. The van der Waals surface area contributed by atoms with Gasteiger partial charge in [-0.15, -0.1) is 0 Å². The van der Waals surface area contributed by atoms with Crippen LogP contribution in [0, 0.1) is 18.8 Å². The largest absolute Gasteiger partial charge is 0.464 e. The Morgan fingerprint density at radius 3 is 2.49 bits per heavy atom. The van der Waals surface area contributed by atoms with E-state index in [0.29, 0.717) is 22.7 Å². The van der Waals surface area contributed by atoms with Gasteiger partial charge in [0.2, 0.25) is 18.6 Å². The molecular weight excluding hydrogens is 472 g/mol. The van der Waals surface area contributed by atoms with Crippen molar-refractivity contribution in [3.05, 3.63) is 89.5 Å². The van der Waals surface area contributed by atoms with Crippen LogP contribution in [0.2, 0.25) is 0 Å². The lowest BCUT2D eigenvalue weighted by atomic mass is 9.75. The topological polar surface area (TPSA) is 94.2 Å². The quantitative estimate of drug-likeness (QED) is 0.424. The third-order valence-electron chi connectivity index (χ3n) is 7.52. The first-order valence-electron chi connectivity index (χ1n) is 12.3. The molecule has 0 bridgehead atoms. The molecule has 2 amide bonds. The Labute approximate surface area is 214 Å². The smallest absolute Gasteiger partial charge is 0.331 e. The highest BCUT2D eigenvalue weighted by Gasteiger charge is 2.70. The van der Waals surface area contributed by atoms with Crippen LogP contribution in [0.15, 0.2) is 72.8 Å². The molecule has 8 heteroatoms. The van der Waals surface area contributed by atoms with Crippen LogP contribution in [-0.4, -0.2) is 31.2 Å². The average molecular weight is 499 g/mol. The van der Waals surface area contributed by atoms with E-state index in [1.165, 1.54) is 4.90 Å². The number of ether oxygens (including phenoxy) is 3. The molecule has 0 spiro atoms. The van der Waals surface area contributed by atoms with Crippen molar-refractivity contribution in [3.8, 4) is 11.5 Å². The zero-order valence-electron chi connectivity index (χ0n) is 20.5. The highest BCUT2D eigenvalue weighted by molar-refractivity contribution is 6.24. The summed E-state index contributed by atoms with van der Waals surface area (Å²) < 4.78 is 16.5. The van der Waals surface area contributed by atoms with Crippen molar-refractivity contribution in [1.29, 1.82) is 0 Å². The Balaban J connectivity index is 1.55. The molecule has 3 heterocycles. The van der Waals surface area contributed by atoms with Crippen LogP contribution in [0.25, 0.3) is 0 Å². The second kappa shape index (κ2) is 8.74. The highest BCUT2D eigenvalue weighted by atomic mass is 16.7. The van der Waals surface area contributed by atoms with Gasteiger partial charge in [-0.1, -0.05) is 54.6 Å². The fraction of sp³-hybridized carbons (Fsp3) is 0.276. The standard InChI is InChI=1S/C29H26N2O6/c1-3-35-28(34)29(18-10-5-4-6-11-18)24-23(25(30-29)20-12-8-7-9-17(20)2)26(32)31(27(24)33)19-13-14-21-22(15-19)37-16-36-21/h4-15,23-25,30H,3,16H2,1-2H3/t23-,24+,25-,29-/m0/s1. The predicted octanol–water partition coefficient (Wildman–Crippen LogP) is 3.63. The number of anilines is 1. The van der Waals surface area contributed by atoms with Gasteiger partial charge in [0, 0.05) is 12.1 Å². The maximum Gasteiger partial charge on any atom is 0.331 e. The van der Waals surface area contributed by atoms with E-state index in [-0.39, 0.29) is 19.3 Å². The molecule has 1 N–H and O–H groups in total. The second-order valence-electron chi connectivity index (χ2n) is 9.43. The summed E-state index contributed by atoms with van der Waals surface area (Å²) in [7, 11) is 0. The number of amides is 2. The molecule has 3 aromatic rings. The molecule has 0 aromatic heterocycles. The zero-order chi connectivity index (χ0) is 25.7. The third kappa shape index (κ3) is 3.36. The van der Waals surface area contributed by atoms with Gasteiger partial charge in [-0.3, -0.25) is 14.9 Å². The van der Waals surface area contributed by atoms with Gasteiger partial charge in [0.15, 0.2) is 17.0 Å². The van der Waals surface area contributed by atoms with E-state index in [1.54, 1.807) is 37.3 Å². The van der Waals surface area contributed by atoms with E-state index in [9.17, 15) is 14.4 Å². The van der Waals surface area contributed by atoms with Crippen molar-refractivity contribution in [3.63, 3.8) is 0 Å². The van der Waals surface area contributed by atoms with Gasteiger partial charge in [-0.05, 0) is 42.7 Å². The van der Waals surface area contributed by atoms with E-state index in [2.05, 4.69) is 5.32 Å². The number of rotatable bonds is 5. The van der Waals surface area contributed by atoms with Crippen LogP contribution in [-0.2, 0) is 24.7 Å². The number of nitrogens with zero attached hydrogens (tertiary/aromatic N) is 1.